The molecule has 0 saturated heterocycles. The fourth-order valence-electron chi connectivity index (χ4n) is 3.19. The minimum absolute atomic E-state index is 0.907. The predicted octanol–water partition coefficient (Wildman–Crippen LogP) is 5.54. The number of nitrogens with zero attached hydrogens (tertiary/aromatic N) is 2. The normalized spacial score (nSPS) is 13.9. The molecule has 2 aliphatic heterocycles. The Kier molecular flexibility index (Phi) is 4.01. The van der Waals surface area contributed by atoms with Crippen LogP contribution < -0.4 is 14.5 Å². The quantitative estimate of drug-likeness (QED) is 0.226. The van der Waals surface area contributed by atoms with Gasteiger partial charge in [0.2, 0.25) is 0 Å². The van der Waals surface area contributed by atoms with E-state index < -0.39 is 0 Å². The van der Waals surface area contributed by atoms with Crippen LogP contribution >= 0.6 is 19.0 Å². The van der Waals surface area contributed by atoms with E-state index >= 15 is 0 Å². The van der Waals surface area contributed by atoms with Gasteiger partial charge in [0.05, 0.1) is 11.4 Å². The van der Waals surface area contributed by atoms with Crippen LogP contribution in [0.5, 0.6) is 11.5 Å². The van der Waals surface area contributed by atoms with E-state index in [9.17, 15) is 0 Å². The first-order valence-electron chi connectivity index (χ1n) is 7.13. The number of fused-ring (bicyclic) bond motifs is 3. The first-order chi connectivity index (χ1) is 11.3. The third-order valence-corrected chi connectivity index (χ3v) is 4.19. The van der Waals surface area contributed by atoms with Gasteiger partial charge in [-0.05, 0) is 42.1 Å². The van der Waals surface area contributed by atoms with Crippen molar-refractivity contribution in [3.05, 3.63) is 61.3 Å². The van der Waals surface area contributed by atoms with Gasteiger partial charge in [0.25, 0.3) is 0 Å². The summed E-state index contributed by atoms with van der Waals surface area (Å²) < 4.78 is 6.14. The average molecular weight is 508 g/mol. The minimum atomic E-state index is 0.907. The van der Waals surface area contributed by atoms with Crippen LogP contribution in [-0.4, -0.2) is 7.05 Å². The molecule has 0 atom stereocenters. The van der Waals surface area contributed by atoms with Crippen LogP contribution in [0.15, 0.2) is 54.6 Å². The molecule has 3 aromatic rings. The van der Waals surface area contributed by atoms with Crippen LogP contribution in [0.3, 0.4) is 0 Å². The summed E-state index contributed by atoms with van der Waals surface area (Å²) in [5.74, 6) is 1.82. The molecule has 0 fully saturated rings. The molecule has 0 saturated carbocycles. The molecule has 5 rings (SSSR count). The summed E-state index contributed by atoms with van der Waals surface area (Å²) in [4.78, 5) is 4.35. The molecule has 0 bridgehead atoms. The zero-order valence-electron chi connectivity index (χ0n) is 12.3. The van der Waals surface area contributed by atoms with Crippen LogP contribution in [0.25, 0.3) is 10.8 Å². The van der Waals surface area contributed by atoms with E-state index in [2.05, 4.69) is 83.2 Å². The van der Waals surface area contributed by atoms with E-state index in [1.165, 1.54) is 16.5 Å². The van der Waals surface area contributed by atoms with Crippen molar-refractivity contribution in [2.75, 3.05) is 16.8 Å². The molecule has 23 heavy (non-hydrogen) atoms. The van der Waals surface area contributed by atoms with Crippen LogP contribution in [-0.2, 0) is 17.3 Å². The van der Waals surface area contributed by atoms with Gasteiger partial charge in [0.1, 0.15) is 5.75 Å². The summed E-state index contributed by atoms with van der Waals surface area (Å²) in [5, 5.41) is 2.42. The summed E-state index contributed by atoms with van der Waals surface area (Å²) in [6.45, 7) is 2.12. The van der Waals surface area contributed by atoms with Gasteiger partial charge < -0.3 is 14.5 Å². The van der Waals surface area contributed by atoms with Gasteiger partial charge in [-0.2, -0.15) is 0 Å². The topological polar surface area (TPSA) is 15.7 Å². The Bertz CT molecular complexity index is 899. The standard InChI is InChI=1S/C18H13N2O.Ag.HI/c1-19-11-20-15-9-12-5-2-3-6-13(12)10-17(15)21-16-8-4-7-14(19)18(16)20;;/h2-11H,1H3;;1H/q-1;+1;/p-1. The molecular weight excluding hydrogens is 495 g/mol. The molecule has 0 spiro atoms. The number of rotatable bonds is 0. The summed E-state index contributed by atoms with van der Waals surface area (Å²) in [5.41, 5.74) is 3.40. The van der Waals surface area contributed by atoms with Crippen LogP contribution in [0.4, 0.5) is 17.1 Å². The van der Waals surface area contributed by atoms with Gasteiger partial charge in [-0.1, -0.05) is 30.3 Å². The number of hydrogen-bond acceptors (Lipinski definition) is 3. The number of benzene rings is 3. The Morgan fingerprint density at radius 2 is 1.65 bits per heavy atom. The SMILES string of the molecule is CN1[CH-]N2c3cc4ccccc4cc3Oc3cccc1c32.[Ag][I]. The van der Waals surface area contributed by atoms with Crippen molar-refractivity contribution < 1.29 is 22.0 Å². The fourth-order valence-corrected chi connectivity index (χ4v) is 3.19. The number of ether oxygens (including phenoxy) is 1. The summed E-state index contributed by atoms with van der Waals surface area (Å²) in [6.07, 6.45) is 0. The summed E-state index contributed by atoms with van der Waals surface area (Å²) in [6, 6.07) is 18.9. The summed E-state index contributed by atoms with van der Waals surface area (Å²) in [7, 11) is 2.06. The Balaban J connectivity index is 0.000000652. The Morgan fingerprint density at radius 1 is 0.913 bits per heavy atom. The molecule has 120 valence electrons. The molecular formula is C18H13AgIN2O-. The number of anilines is 3. The third-order valence-electron chi connectivity index (χ3n) is 4.19. The predicted molar refractivity (Wildman–Crippen MR) is 99.3 cm³/mol. The molecule has 2 heterocycles. The molecule has 5 heteroatoms. The molecule has 0 unspecified atom stereocenters. The third kappa shape index (κ3) is 2.36. The first-order valence-corrected chi connectivity index (χ1v) is 11.5. The van der Waals surface area contributed by atoms with Gasteiger partial charge in [-0.25, -0.2) is 0 Å². The van der Waals surface area contributed by atoms with Gasteiger partial charge in [-0.3, -0.25) is 0 Å². The molecule has 3 nitrogen and oxygen atoms in total. The number of para-hydroxylation sites is 1. The molecule has 0 N–H and O–H groups in total. The van der Waals surface area contributed by atoms with Gasteiger partial charge in [0, 0.05) is 5.69 Å². The first kappa shape index (κ1) is 15.3. The zero-order chi connectivity index (χ0) is 16.0. The Hall–Kier alpha value is -1.21. The maximum absolute atomic E-state index is 6.14. The monoisotopic (exact) mass is 507 g/mol. The molecule has 0 radical (unpaired) electrons. The van der Waals surface area contributed by atoms with E-state index in [0.717, 1.165) is 22.9 Å². The second kappa shape index (κ2) is 6.02. The van der Waals surface area contributed by atoms with Crippen LogP contribution in [0.2, 0.25) is 0 Å². The van der Waals surface area contributed by atoms with Crippen molar-refractivity contribution in [2.24, 2.45) is 0 Å². The Morgan fingerprint density at radius 3 is 2.43 bits per heavy atom. The molecule has 0 amide bonds. The van der Waals surface area contributed by atoms with Crippen molar-refractivity contribution in [2.45, 2.75) is 0 Å². The number of hydrogen-bond donors (Lipinski definition) is 0. The second-order valence-corrected chi connectivity index (χ2v) is 5.49. The van der Waals surface area contributed by atoms with Gasteiger partial charge >= 0.3 is 36.3 Å². The second-order valence-electron chi connectivity index (χ2n) is 5.49. The molecule has 0 aliphatic carbocycles. The maximum atomic E-state index is 6.14. The van der Waals surface area contributed by atoms with E-state index in [0.29, 0.717) is 0 Å². The van der Waals surface area contributed by atoms with E-state index in [1.807, 2.05) is 31.2 Å². The van der Waals surface area contributed by atoms with Crippen molar-refractivity contribution >= 4 is 46.9 Å². The zero-order valence-corrected chi connectivity index (χ0v) is 15.9. The van der Waals surface area contributed by atoms with Crippen molar-refractivity contribution in [3.8, 4) is 11.5 Å². The van der Waals surface area contributed by atoms with E-state index in [-0.39, 0.29) is 0 Å². The van der Waals surface area contributed by atoms with Crippen LogP contribution in [0.1, 0.15) is 0 Å². The average Bonchev–Trinajstić information content (AvgIpc) is 2.94. The van der Waals surface area contributed by atoms with Crippen molar-refractivity contribution in [1.29, 1.82) is 0 Å². The van der Waals surface area contributed by atoms with E-state index in [4.69, 9.17) is 4.74 Å². The summed E-state index contributed by atoms with van der Waals surface area (Å²) >= 11 is 4.88. The molecule has 3 aromatic carbocycles. The molecule has 2 aliphatic rings. The van der Waals surface area contributed by atoms with Crippen LogP contribution in [0, 0.1) is 6.67 Å². The van der Waals surface area contributed by atoms with Crippen molar-refractivity contribution in [1.82, 2.24) is 0 Å². The van der Waals surface area contributed by atoms with E-state index in [1.54, 1.807) is 0 Å². The van der Waals surface area contributed by atoms with Crippen molar-refractivity contribution in [3.63, 3.8) is 0 Å². The van der Waals surface area contributed by atoms with Gasteiger partial charge in [0.15, 0.2) is 5.75 Å². The molecule has 0 aromatic heterocycles. The Labute approximate surface area is 157 Å². The van der Waals surface area contributed by atoms with Gasteiger partial charge in [-0.15, -0.1) is 6.67 Å². The fraction of sp³-hybridized carbons (Fsp3) is 0.0556. The number of halogens is 1.